The highest BCUT2D eigenvalue weighted by molar-refractivity contribution is 5.98. The van der Waals surface area contributed by atoms with Crippen molar-refractivity contribution in [2.75, 3.05) is 44.9 Å². The van der Waals surface area contributed by atoms with E-state index in [4.69, 9.17) is 14.2 Å². The maximum atomic E-state index is 13.1. The van der Waals surface area contributed by atoms with Crippen LogP contribution in [0.4, 0.5) is 5.69 Å². The Morgan fingerprint density at radius 1 is 1.07 bits per heavy atom. The van der Waals surface area contributed by atoms with Crippen LogP contribution in [0.5, 0.6) is 11.5 Å². The molecule has 4 rings (SSSR count). The molecule has 0 unspecified atom stereocenters. The summed E-state index contributed by atoms with van der Waals surface area (Å²) in [5.74, 6) is 1.11. The third-order valence-corrected chi connectivity index (χ3v) is 5.19. The number of benzene rings is 2. The van der Waals surface area contributed by atoms with Crippen LogP contribution >= 0.6 is 0 Å². The molecule has 0 N–H and O–H groups in total. The fraction of sp³-hybridized carbons (Fsp3) is 0.364. The Morgan fingerprint density at radius 2 is 1.79 bits per heavy atom. The summed E-state index contributed by atoms with van der Waals surface area (Å²) in [6.45, 7) is 2.33. The molecule has 7 nitrogen and oxygen atoms in total. The smallest absolute Gasteiger partial charge is 0.265 e. The van der Waals surface area contributed by atoms with Gasteiger partial charge in [0.05, 0.1) is 39.0 Å². The summed E-state index contributed by atoms with van der Waals surface area (Å²) in [6.07, 6.45) is -0.487. The predicted molar refractivity (Wildman–Crippen MR) is 107 cm³/mol. The molecule has 0 radical (unpaired) electrons. The number of carbonyl (C=O) groups excluding carboxylic acids is 2. The molecule has 2 amide bonds. The molecule has 7 heteroatoms. The summed E-state index contributed by atoms with van der Waals surface area (Å²) in [6, 6.07) is 14.8. The Labute approximate surface area is 169 Å². The van der Waals surface area contributed by atoms with Crippen LogP contribution in [-0.4, -0.2) is 62.8 Å². The van der Waals surface area contributed by atoms with Crippen molar-refractivity contribution in [3.05, 3.63) is 54.1 Å². The quantitative estimate of drug-likeness (QED) is 0.790. The molecule has 0 aromatic heterocycles. The Bertz CT molecular complexity index is 877. The molecule has 1 atom stereocenters. The van der Waals surface area contributed by atoms with Crippen LogP contribution in [0, 0.1) is 0 Å². The topological polar surface area (TPSA) is 68.3 Å². The summed E-state index contributed by atoms with van der Waals surface area (Å²) in [5.41, 5.74) is 1.58. The highest BCUT2D eigenvalue weighted by Gasteiger charge is 2.36. The van der Waals surface area contributed by atoms with Crippen LogP contribution in [-0.2, 0) is 20.7 Å². The zero-order valence-corrected chi connectivity index (χ0v) is 16.4. The number of anilines is 1. The number of ether oxygens (including phenoxy) is 3. The van der Waals surface area contributed by atoms with Gasteiger partial charge in [-0.1, -0.05) is 24.3 Å². The molecule has 29 heavy (non-hydrogen) atoms. The van der Waals surface area contributed by atoms with Gasteiger partial charge in [-0.15, -0.1) is 0 Å². The molecule has 2 aliphatic heterocycles. The lowest BCUT2D eigenvalue weighted by atomic mass is 10.1. The minimum Gasteiger partial charge on any atom is -0.497 e. The van der Waals surface area contributed by atoms with Crippen molar-refractivity contribution in [3.8, 4) is 11.5 Å². The average Bonchev–Trinajstić information content (AvgIpc) is 2.79. The number of para-hydroxylation sites is 2. The fourth-order valence-corrected chi connectivity index (χ4v) is 3.60. The van der Waals surface area contributed by atoms with Crippen molar-refractivity contribution in [2.24, 2.45) is 0 Å². The molecule has 0 spiro atoms. The van der Waals surface area contributed by atoms with E-state index in [1.807, 2.05) is 42.5 Å². The van der Waals surface area contributed by atoms with Crippen LogP contribution in [0.1, 0.15) is 5.56 Å². The first-order valence-corrected chi connectivity index (χ1v) is 9.71. The summed E-state index contributed by atoms with van der Waals surface area (Å²) in [5, 5.41) is 0. The average molecular weight is 396 g/mol. The summed E-state index contributed by atoms with van der Waals surface area (Å²) < 4.78 is 16.5. The standard InChI is InChI=1S/C22H24N2O5/c1-27-17-8-6-16(7-9-17)14-21(25)24-15-20(22(26)23-10-12-28-13-11-23)29-19-5-3-2-4-18(19)24/h2-9,20H,10-15H2,1H3/t20-/m1/s1. The Balaban J connectivity index is 1.53. The molecule has 2 aromatic carbocycles. The van der Waals surface area contributed by atoms with Crippen molar-refractivity contribution in [1.82, 2.24) is 4.90 Å². The van der Waals surface area contributed by atoms with Gasteiger partial charge in [0.25, 0.3) is 5.91 Å². The number of hydrogen-bond donors (Lipinski definition) is 0. The number of amides is 2. The number of fused-ring (bicyclic) bond motifs is 1. The van der Waals surface area contributed by atoms with E-state index in [0.29, 0.717) is 37.7 Å². The van der Waals surface area contributed by atoms with E-state index in [-0.39, 0.29) is 24.8 Å². The third kappa shape index (κ3) is 4.19. The van der Waals surface area contributed by atoms with Gasteiger partial charge in [-0.05, 0) is 29.8 Å². The normalized spacial score (nSPS) is 18.6. The zero-order valence-electron chi connectivity index (χ0n) is 16.4. The van der Waals surface area contributed by atoms with Crippen LogP contribution < -0.4 is 14.4 Å². The molecular weight excluding hydrogens is 372 g/mol. The van der Waals surface area contributed by atoms with Gasteiger partial charge in [-0.3, -0.25) is 9.59 Å². The number of rotatable bonds is 4. The SMILES string of the molecule is COc1ccc(CC(=O)N2C[C@H](C(=O)N3CCOCC3)Oc3ccccc32)cc1. The molecular formula is C22H24N2O5. The maximum Gasteiger partial charge on any atom is 0.265 e. The monoisotopic (exact) mass is 396 g/mol. The van der Waals surface area contributed by atoms with Crippen LogP contribution in [0.25, 0.3) is 0 Å². The van der Waals surface area contributed by atoms with Gasteiger partial charge >= 0.3 is 0 Å². The summed E-state index contributed by atoms with van der Waals surface area (Å²) in [4.78, 5) is 29.5. The highest BCUT2D eigenvalue weighted by atomic mass is 16.5. The van der Waals surface area contributed by atoms with E-state index in [0.717, 1.165) is 11.3 Å². The van der Waals surface area contributed by atoms with E-state index in [9.17, 15) is 9.59 Å². The van der Waals surface area contributed by atoms with Crippen LogP contribution in [0.2, 0.25) is 0 Å². The Hall–Kier alpha value is -3.06. The number of morpholine rings is 1. The lowest BCUT2D eigenvalue weighted by Crippen LogP contribution is -2.54. The van der Waals surface area contributed by atoms with Crippen molar-refractivity contribution in [2.45, 2.75) is 12.5 Å². The molecule has 0 bridgehead atoms. The molecule has 1 saturated heterocycles. The number of methoxy groups -OCH3 is 1. The highest BCUT2D eigenvalue weighted by Crippen LogP contribution is 2.34. The fourth-order valence-electron chi connectivity index (χ4n) is 3.60. The van der Waals surface area contributed by atoms with E-state index in [1.54, 1.807) is 23.0 Å². The van der Waals surface area contributed by atoms with E-state index < -0.39 is 6.10 Å². The van der Waals surface area contributed by atoms with Gasteiger partial charge in [-0.25, -0.2) is 0 Å². The van der Waals surface area contributed by atoms with Gasteiger partial charge in [0.15, 0.2) is 6.10 Å². The second-order valence-corrected chi connectivity index (χ2v) is 7.04. The molecule has 0 saturated carbocycles. The van der Waals surface area contributed by atoms with Crippen molar-refractivity contribution in [3.63, 3.8) is 0 Å². The number of nitrogens with zero attached hydrogens (tertiary/aromatic N) is 2. The van der Waals surface area contributed by atoms with Gasteiger partial charge in [0, 0.05) is 13.1 Å². The summed E-state index contributed by atoms with van der Waals surface area (Å²) >= 11 is 0. The van der Waals surface area contributed by atoms with E-state index in [2.05, 4.69) is 0 Å². The lowest BCUT2D eigenvalue weighted by molar-refractivity contribution is -0.142. The predicted octanol–water partition coefficient (Wildman–Crippen LogP) is 1.89. The Kier molecular flexibility index (Phi) is 5.67. The minimum absolute atomic E-state index is 0.0781. The van der Waals surface area contributed by atoms with E-state index >= 15 is 0 Å². The van der Waals surface area contributed by atoms with Gasteiger partial charge in [0.2, 0.25) is 5.91 Å². The zero-order chi connectivity index (χ0) is 20.2. The molecule has 2 aliphatic rings. The molecule has 152 valence electrons. The number of carbonyl (C=O) groups is 2. The maximum absolute atomic E-state index is 13.1. The first-order chi connectivity index (χ1) is 14.2. The molecule has 2 aromatic rings. The van der Waals surface area contributed by atoms with Crippen molar-refractivity contribution >= 4 is 17.5 Å². The lowest BCUT2D eigenvalue weighted by Gasteiger charge is -2.37. The van der Waals surface area contributed by atoms with Gasteiger partial charge < -0.3 is 24.0 Å². The second kappa shape index (κ2) is 8.53. The molecule has 2 heterocycles. The second-order valence-electron chi connectivity index (χ2n) is 7.04. The summed E-state index contributed by atoms with van der Waals surface area (Å²) in [7, 11) is 1.61. The van der Waals surface area contributed by atoms with Crippen molar-refractivity contribution in [1.29, 1.82) is 0 Å². The Morgan fingerprint density at radius 3 is 2.52 bits per heavy atom. The first kappa shape index (κ1) is 19.3. The largest absolute Gasteiger partial charge is 0.497 e. The molecule has 0 aliphatic carbocycles. The minimum atomic E-state index is -0.720. The van der Waals surface area contributed by atoms with E-state index in [1.165, 1.54) is 0 Å². The van der Waals surface area contributed by atoms with Gasteiger partial charge in [-0.2, -0.15) is 0 Å². The van der Waals surface area contributed by atoms with Crippen LogP contribution in [0.3, 0.4) is 0 Å². The molecule has 1 fully saturated rings. The first-order valence-electron chi connectivity index (χ1n) is 9.71. The van der Waals surface area contributed by atoms with Crippen molar-refractivity contribution < 1.29 is 23.8 Å². The number of hydrogen-bond acceptors (Lipinski definition) is 5. The third-order valence-electron chi connectivity index (χ3n) is 5.19. The van der Waals surface area contributed by atoms with Crippen LogP contribution in [0.15, 0.2) is 48.5 Å². The van der Waals surface area contributed by atoms with Gasteiger partial charge in [0.1, 0.15) is 11.5 Å².